The normalized spacial score (nSPS) is 21.2. The molecule has 0 spiro atoms. The number of nitrogens with two attached hydrogens (primary N) is 1. The van der Waals surface area contributed by atoms with Crippen LogP contribution in [0.5, 0.6) is 0 Å². The molecule has 2 aliphatic heterocycles. The summed E-state index contributed by atoms with van der Waals surface area (Å²) in [6.45, 7) is 3.24. The minimum absolute atomic E-state index is 0.0733. The van der Waals surface area contributed by atoms with Crippen LogP contribution in [0.1, 0.15) is 23.7 Å². The number of hydrogen-bond donors (Lipinski definition) is 1. The fraction of sp³-hybridized carbons (Fsp3) is 0.353. The first-order valence-electron chi connectivity index (χ1n) is 8.08. The molecule has 126 valence electrons. The minimum atomic E-state index is -3.62. The van der Waals surface area contributed by atoms with E-state index in [9.17, 15) is 13.2 Å². The number of hydrogen-bond acceptors (Lipinski definition) is 4. The molecule has 1 saturated heterocycles. The second-order valence-corrected chi connectivity index (χ2v) is 8.18. The molecule has 1 fully saturated rings. The van der Waals surface area contributed by atoms with Gasteiger partial charge in [0, 0.05) is 42.0 Å². The maximum Gasteiger partial charge on any atom is 0.258 e. The summed E-state index contributed by atoms with van der Waals surface area (Å²) in [5, 5.41) is 1.34. The Morgan fingerprint density at radius 2 is 2.04 bits per heavy atom. The van der Waals surface area contributed by atoms with Gasteiger partial charge < -0.3 is 10.6 Å². The van der Waals surface area contributed by atoms with Crippen LogP contribution in [0.3, 0.4) is 0 Å². The fourth-order valence-electron chi connectivity index (χ4n) is 3.67. The summed E-state index contributed by atoms with van der Waals surface area (Å²) >= 11 is 0. The average molecular weight is 345 g/mol. The lowest BCUT2D eigenvalue weighted by molar-refractivity contribution is 0.0994. The first kappa shape index (κ1) is 15.6. The van der Waals surface area contributed by atoms with E-state index in [2.05, 4.69) is 0 Å². The van der Waals surface area contributed by atoms with Gasteiger partial charge in [-0.1, -0.05) is 12.1 Å². The van der Waals surface area contributed by atoms with E-state index in [-0.39, 0.29) is 16.8 Å². The third kappa shape index (κ3) is 2.02. The van der Waals surface area contributed by atoms with E-state index in [4.69, 9.17) is 5.73 Å². The topological polar surface area (TPSA) is 83.7 Å². The summed E-state index contributed by atoms with van der Waals surface area (Å²) in [7, 11) is -3.62. The van der Waals surface area contributed by atoms with Crippen LogP contribution in [-0.4, -0.2) is 44.3 Å². The number of carbonyl (C=O) groups is 1. The van der Waals surface area contributed by atoms with E-state index >= 15 is 0 Å². The SMILES string of the molecule is CCN1C(=O)c2cccc3c(S(=O)(=O)N4CC[C@H](N)C4)ccc1c23. The number of rotatable bonds is 3. The van der Waals surface area contributed by atoms with Crippen molar-refractivity contribution < 1.29 is 13.2 Å². The summed E-state index contributed by atoms with van der Waals surface area (Å²) < 4.78 is 27.5. The second-order valence-electron chi connectivity index (χ2n) is 6.27. The maximum atomic E-state index is 13.0. The zero-order chi connectivity index (χ0) is 17.1. The summed E-state index contributed by atoms with van der Waals surface area (Å²) in [6, 6.07) is 8.51. The van der Waals surface area contributed by atoms with Gasteiger partial charge in [-0.15, -0.1) is 0 Å². The van der Waals surface area contributed by atoms with Crippen molar-refractivity contribution >= 4 is 32.4 Å². The Bertz CT molecular complexity index is 955. The van der Waals surface area contributed by atoms with Crippen LogP contribution in [0, 0.1) is 0 Å². The van der Waals surface area contributed by atoms with Gasteiger partial charge in [0.25, 0.3) is 5.91 Å². The van der Waals surface area contributed by atoms with Crippen molar-refractivity contribution in [2.75, 3.05) is 24.5 Å². The van der Waals surface area contributed by atoms with E-state index in [0.29, 0.717) is 37.0 Å². The van der Waals surface area contributed by atoms with Crippen molar-refractivity contribution in [2.45, 2.75) is 24.3 Å². The lowest BCUT2D eigenvalue weighted by Crippen LogP contribution is -2.32. The maximum absolute atomic E-state index is 13.0. The molecule has 6 nitrogen and oxygen atoms in total. The van der Waals surface area contributed by atoms with Gasteiger partial charge in [0.05, 0.1) is 10.6 Å². The zero-order valence-corrected chi connectivity index (χ0v) is 14.2. The molecular weight excluding hydrogens is 326 g/mol. The Labute approximate surface area is 140 Å². The van der Waals surface area contributed by atoms with E-state index in [0.717, 1.165) is 11.1 Å². The summed E-state index contributed by atoms with van der Waals surface area (Å²) in [5.74, 6) is -0.0733. The van der Waals surface area contributed by atoms with Gasteiger partial charge in [-0.2, -0.15) is 4.31 Å². The smallest absolute Gasteiger partial charge is 0.258 e. The molecule has 7 heteroatoms. The molecule has 0 radical (unpaired) electrons. The first-order chi connectivity index (χ1) is 11.4. The fourth-order valence-corrected chi connectivity index (χ4v) is 5.37. The molecule has 1 atom stereocenters. The molecule has 2 aromatic carbocycles. The van der Waals surface area contributed by atoms with E-state index < -0.39 is 10.0 Å². The number of anilines is 1. The average Bonchev–Trinajstić information content (AvgIpc) is 3.12. The van der Waals surface area contributed by atoms with Crippen molar-refractivity contribution in [3.63, 3.8) is 0 Å². The standard InChI is InChI=1S/C17H19N3O3S/c1-2-20-14-6-7-15(24(22,23)19-9-8-11(18)10-19)12-4-3-5-13(16(12)14)17(20)21/h3-7,11H,2,8-10,18H2,1H3/t11-/m0/s1. The zero-order valence-electron chi connectivity index (χ0n) is 13.4. The number of carbonyl (C=O) groups excluding carboxylic acids is 1. The Morgan fingerprint density at radius 3 is 2.71 bits per heavy atom. The van der Waals surface area contributed by atoms with E-state index in [1.54, 1.807) is 35.2 Å². The molecule has 0 bridgehead atoms. The summed E-state index contributed by atoms with van der Waals surface area (Å²) in [4.78, 5) is 14.5. The third-order valence-electron chi connectivity index (χ3n) is 4.87. The van der Waals surface area contributed by atoms with Crippen molar-refractivity contribution in [2.24, 2.45) is 5.73 Å². The molecular formula is C17H19N3O3S. The minimum Gasteiger partial charge on any atom is -0.326 e. The van der Waals surface area contributed by atoms with Crippen molar-refractivity contribution in [3.8, 4) is 0 Å². The molecule has 24 heavy (non-hydrogen) atoms. The molecule has 0 aliphatic carbocycles. The number of sulfonamides is 1. The Morgan fingerprint density at radius 1 is 1.25 bits per heavy atom. The van der Waals surface area contributed by atoms with Gasteiger partial charge >= 0.3 is 0 Å². The van der Waals surface area contributed by atoms with Crippen LogP contribution in [0.15, 0.2) is 35.2 Å². The summed E-state index contributed by atoms with van der Waals surface area (Å²) in [5.41, 5.74) is 7.22. The molecule has 2 heterocycles. The van der Waals surface area contributed by atoms with Crippen LogP contribution in [0.2, 0.25) is 0 Å². The molecule has 0 unspecified atom stereocenters. The molecule has 2 aliphatic rings. The van der Waals surface area contributed by atoms with Crippen LogP contribution in [0.4, 0.5) is 5.69 Å². The van der Waals surface area contributed by atoms with Crippen LogP contribution in [-0.2, 0) is 10.0 Å². The Hall–Kier alpha value is -1.96. The van der Waals surface area contributed by atoms with Gasteiger partial charge in [-0.3, -0.25) is 4.79 Å². The molecule has 4 rings (SSSR count). The van der Waals surface area contributed by atoms with Crippen molar-refractivity contribution in [1.82, 2.24) is 4.31 Å². The first-order valence-corrected chi connectivity index (χ1v) is 9.52. The second kappa shape index (κ2) is 5.27. The third-order valence-corrected chi connectivity index (χ3v) is 6.79. The van der Waals surface area contributed by atoms with Crippen molar-refractivity contribution in [3.05, 3.63) is 35.9 Å². The molecule has 2 aromatic rings. The highest BCUT2D eigenvalue weighted by atomic mass is 32.2. The largest absolute Gasteiger partial charge is 0.326 e. The predicted molar refractivity (Wildman–Crippen MR) is 92.6 cm³/mol. The van der Waals surface area contributed by atoms with Crippen LogP contribution < -0.4 is 10.6 Å². The van der Waals surface area contributed by atoms with Gasteiger partial charge in [-0.25, -0.2) is 8.42 Å². The molecule has 0 saturated carbocycles. The van der Waals surface area contributed by atoms with Crippen LogP contribution >= 0.6 is 0 Å². The lowest BCUT2D eigenvalue weighted by atomic mass is 10.1. The van der Waals surface area contributed by atoms with E-state index in [1.807, 2.05) is 6.92 Å². The number of amides is 1. The molecule has 0 aromatic heterocycles. The van der Waals surface area contributed by atoms with Gasteiger partial charge in [-0.05, 0) is 31.5 Å². The molecule has 1 amide bonds. The van der Waals surface area contributed by atoms with Crippen molar-refractivity contribution in [1.29, 1.82) is 0 Å². The van der Waals surface area contributed by atoms with Gasteiger partial charge in [0.15, 0.2) is 0 Å². The van der Waals surface area contributed by atoms with E-state index in [1.165, 1.54) is 4.31 Å². The highest BCUT2D eigenvalue weighted by Crippen LogP contribution is 2.40. The highest BCUT2D eigenvalue weighted by molar-refractivity contribution is 7.89. The summed E-state index contributed by atoms with van der Waals surface area (Å²) in [6.07, 6.45) is 0.669. The van der Waals surface area contributed by atoms with Crippen LogP contribution in [0.25, 0.3) is 10.8 Å². The quantitative estimate of drug-likeness (QED) is 0.915. The predicted octanol–water partition coefficient (Wildman–Crippen LogP) is 1.54. The number of benzene rings is 2. The highest BCUT2D eigenvalue weighted by Gasteiger charge is 2.35. The molecule has 2 N–H and O–H groups in total. The Balaban J connectivity index is 1.94. The monoisotopic (exact) mass is 345 g/mol. The number of nitrogens with zero attached hydrogens (tertiary/aromatic N) is 2. The Kier molecular flexibility index (Phi) is 3.42. The van der Waals surface area contributed by atoms with Gasteiger partial charge in [0.1, 0.15) is 0 Å². The lowest BCUT2D eigenvalue weighted by Gasteiger charge is -2.19. The van der Waals surface area contributed by atoms with Gasteiger partial charge in [0.2, 0.25) is 10.0 Å².